The van der Waals surface area contributed by atoms with Gasteiger partial charge in [0.15, 0.2) is 0 Å². The molecule has 0 aromatic heterocycles. The van der Waals surface area contributed by atoms with Crippen molar-refractivity contribution in [3.8, 4) is 0 Å². The molecule has 1 amide bonds. The third kappa shape index (κ3) is 3.76. The topological polar surface area (TPSA) is 41.6 Å². The summed E-state index contributed by atoms with van der Waals surface area (Å²) >= 11 is 0. The van der Waals surface area contributed by atoms with Gasteiger partial charge in [-0.1, -0.05) is 13.8 Å². The largest absolute Gasteiger partial charge is 0.381 e. The highest BCUT2D eigenvalue weighted by molar-refractivity contribution is 5.78. The average Bonchev–Trinajstić information content (AvgIpc) is 2.35. The summed E-state index contributed by atoms with van der Waals surface area (Å²) in [6.45, 7) is 7.29. The van der Waals surface area contributed by atoms with Crippen LogP contribution in [0.4, 0.5) is 0 Å². The molecule has 1 aliphatic rings. The van der Waals surface area contributed by atoms with E-state index in [0.29, 0.717) is 6.04 Å². The number of carbonyl (C=O) groups is 1. The SMILES string of the molecule is CCNCC(C)C(=O)N(C)C1CCOCC1. The standard InChI is InChI=1S/C12H24N2O2/c1-4-13-9-10(2)12(15)14(3)11-5-7-16-8-6-11/h10-11,13H,4-9H2,1-3H3. The van der Waals surface area contributed by atoms with Gasteiger partial charge < -0.3 is 15.0 Å². The summed E-state index contributed by atoms with van der Waals surface area (Å²) in [6, 6.07) is 0.366. The van der Waals surface area contributed by atoms with E-state index in [2.05, 4.69) is 12.2 Å². The monoisotopic (exact) mass is 228 g/mol. The highest BCUT2D eigenvalue weighted by Gasteiger charge is 2.25. The number of nitrogens with zero attached hydrogens (tertiary/aromatic N) is 1. The molecule has 1 aliphatic heterocycles. The molecule has 94 valence electrons. The summed E-state index contributed by atoms with van der Waals surface area (Å²) in [4.78, 5) is 14.0. The Bertz CT molecular complexity index is 215. The van der Waals surface area contributed by atoms with Gasteiger partial charge in [-0.05, 0) is 19.4 Å². The van der Waals surface area contributed by atoms with Crippen LogP contribution in [0.25, 0.3) is 0 Å². The molecule has 0 radical (unpaired) electrons. The van der Waals surface area contributed by atoms with Gasteiger partial charge in [-0.2, -0.15) is 0 Å². The van der Waals surface area contributed by atoms with Gasteiger partial charge in [0.2, 0.25) is 5.91 Å². The van der Waals surface area contributed by atoms with Crippen LogP contribution in [0.15, 0.2) is 0 Å². The van der Waals surface area contributed by atoms with Crippen LogP contribution in [0, 0.1) is 5.92 Å². The van der Waals surface area contributed by atoms with Crippen LogP contribution in [0.3, 0.4) is 0 Å². The number of rotatable bonds is 5. The van der Waals surface area contributed by atoms with Crippen LogP contribution in [-0.2, 0) is 9.53 Å². The van der Waals surface area contributed by atoms with E-state index < -0.39 is 0 Å². The van der Waals surface area contributed by atoms with Crippen LogP contribution in [0.5, 0.6) is 0 Å². The number of hydrogen-bond donors (Lipinski definition) is 1. The lowest BCUT2D eigenvalue weighted by Gasteiger charge is -2.33. The molecule has 0 aliphatic carbocycles. The van der Waals surface area contributed by atoms with E-state index in [1.165, 1.54) is 0 Å². The molecular weight excluding hydrogens is 204 g/mol. The first kappa shape index (κ1) is 13.5. The molecule has 0 aromatic rings. The van der Waals surface area contributed by atoms with Crippen molar-refractivity contribution in [3.05, 3.63) is 0 Å². The van der Waals surface area contributed by atoms with Gasteiger partial charge in [0.1, 0.15) is 0 Å². The van der Waals surface area contributed by atoms with Crippen LogP contribution in [0.1, 0.15) is 26.7 Å². The molecule has 1 saturated heterocycles. The predicted molar refractivity (Wildman–Crippen MR) is 64.3 cm³/mol. The lowest BCUT2D eigenvalue weighted by atomic mass is 10.0. The van der Waals surface area contributed by atoms with Gasteiger partial charge in [0.25, 0.3) is 0 Å². The summed E-state index contributed by atoms with van der Waals surface area (Å²) in [7, 11) is 1.92. The summed E-state index contributed by atoms with van der Waals surface area (Å²) in [5.74, 6) is 0.306. The van der Waals surface area contributed by atoms with E-state index in [4.69, 9.17) is 4.74 Å². The lowest BCUT2D eigenvalue weighted by Crippen LogP contribution is -2.44. The zero-order chi connectivity index (χ0) is 12.0. The molecule has 0 saturated carbocycles. The molecule has 1 heterocycles. The molecule has 0 bridgehead atoms. The Morgan fingerprint density at radius 1 is 1.50 bits per heavy atom. The first-order valence-corrected chi connectivity index (χ1v) is 6.22. The second-order valence-corrected chi connectivity index (χ2v) is 4.50. The molecule has 0 spiro atoms. The Kier molecular flexibility index (Phi) is 5.77. The van der Waals surface area contributed by atoms with Crippen molar-refractivity contribution in [1.29, 1.82) is 0 Å². The number of amides is 1. The lowest BCUT2D eigenvalue weighted by molar-refractivity contribution is -0.137. The summed E-state index contributed by atoms with van der Waals surface area (Å²) in [5.41, 5.74) is 0. The molecule has 4 nitrogen and oxygen atoms in total. The minimum Gasteiger partial charge on any atom is -0.381 e. The Morgan fingerprint density at radius 3 is 2.69 bits per heavy atom. The number of hydrogen-bond acceptors (Lipinski definition) is 3. The third-order valence-electron chi connectivity index (χ3n) is 3.21. The Labute approximate surface area is 98.3 Å². The molecule has 1 rings (SSSR count). The maximum absolute atomic E-state index is 12.1. The fourth-order valence-corrected chi connectivity index (χ4v) is 2.05. The van der Waals surface area contributed by atoms with Gasteiger partial charge >= 0.3 is 0 Å². The van der Waals surface area contributed by atoms with Crippen molar-refractivity contribution < 1.29 is 9.53 Å². The zero-order valence-electron chi connectivity index (χ0n) is 10.7. The van der Waals surface area contributed by atoms with Gasteiger partial charge in [0, 0.05) is 38.8 Å². The summed E-state index contributed by atoms with van der Waals surface area (Å²) < 4.78 is 5.30. The Hall–Kier alpha value is -0.610. The third-order valence-corrected chi connectivity index (χ3v) is 3.21. The first-order valence-electron chi connectivity index (χ1n) is 6.22. The van der Waals surface area contributed by atoms with Gasteiger partial charge in [-0.25, -0.2) is 0 Å². The van der Waals surface area contributed by atoms with Gasteiger partial charge in [-0.3, -0.25) is 4.79 Å². The van der Waals surface area contributed by atoms with Gasteiger partial charge in [0.05, 0.1) is 0 Å². The van der Waals surface area contributed by atoms with Crippen molar-refractivity contribution in [3.63, 3.8) is 0 Å². The molecule has 1 unspecified atom stereocenters. The number of carbonyl (C=O) groups excluding carboxylic acids is 1. The molecule has 1 N–H and O–H groups in total. The van der Waals surface area contributed by atoms with E-state index in [1.807, 2.05) is 18.9 Å². The second-order valence-electron chi connectivity index (χ2n) is 4.50. The molecule has 16 heavy (non-hydrogen) atoms. The number of ether oxygens (including phenoxy) is 1. The predicted octanol–water partition coefficient (Wildman–Crippen LogP) is 0.869. The van der Waals surface area contributed by atoms with Crippen LogP contribution in [0.2, 0.25) is 0 Å². The molecule has 1 fully saturated rings. The Morgan fingerprint density at radius 2 is 2.12 bits per heavy atom. The van der Waals surface area contributed by atoms with E-state index in [-0.39, 0.29) is 11.8 Å². The molecule has 1 atom stereocenters. The highest BCUT2D eigenvalue weighted by atomic mass is 16.5. The van der Waals surface area contributed by atoms with Crippen molar-refractivity contribution in [2.45, 2.75) is 32.7 Å². The Balaban J connectivity index is 2.38. The average molecular weight is 228 g/mol. The van der Waals surface area contributed by atoms with Crippen LogP contribution >= 0.6 is 0 Å². The van der Waals surface area contributed by atoms with Crippen molar-refractivity contribution in [2.75, 3.05) is 33.4 Å². The van der Waals surface area contributed by atoms with Crippen molar-refractivity contribution in [2.24, 2.45) is 5.92 Å². The van der Waals surface area contributed by atoms with E-state index >= 15 is 0 Å². The van der Waals surface area contributed by atoms with Crippen LogP contribution in [-0.4, -0.2) is 50.2 Å². The van der Waals surface area contributed by atoms with E-state index in [1.54, 1.807) is 0 Å². The van der Waals surface area contributed by atoms with Crippen molar-refractivity contribution in [1.82, 2.24) is 10.2 Å². The van der Waals surface area contributed by atoms with Gasteiger partial charge in [-0.15, -0.1) is 0 Å². The molecular formula is C12H24N2O2. The fourth-order valence-electron chi connectivity index (χ4n) is 2.05. The molecule has 4 heteroatoms. The maximum Gasteiger partial charge on any atom is 0.226 e. The highest BCUT2D eigenvalue weighted by Crippen LogP contribution is 2.14. The zero-order valence-corrected chi connectivity index (χ0v) is 10.7. The first-order chi connectivity index (χ1) is 7.66. The number of nitrogens with one attached hydrogen (secondary N) is 1. The normalized spacial score (nSPS) is 19.4. The van der Waals surface area contributed by atoms with Crippen LogP contribution < -0.4 is 5.32 Å². The summed E-state index contributed by atoms with van der Waals surface area (Å²) in [5, 5.41) is 3.21. The molecule has 0 aromatic carbocycles. The maximum atomic E-state index is 12.1. The minimum atomic E-state index is 0.0628. The van der Waals surface area contributed by atoms with E-state index in [9.17, 15) is 4.79 Å². The second kappa shape index (κ2) is 6.86. The van der Waals surface area contributed by atoms with E-state index in [0.717, 1.165) is 39.1 Å². The smallest absolute Gasteiger partial charge is 0.226 e. The quantitative estimate of drug-likeness (QED) is 0.759. The summed E-state index contributed by atoms with van der Waals surface area (Å²) in [6.07, 6.45) is 1.94. The van der Waals surface area contributed by atoms with Crippen molar-refractivity contribution >= 4 is 5.91 Å². The minimum absolute atomic E-state index is 0.0628. The fraction of sp³-hybridized carbons (Fsp3) is 0.917.